The smallest absolute Gasteiger partial charge is 0.255 e. The first-order chi connectivity index (χ1) is 13.4. The molecule has 1 unspecified atom stereocenters. The number of imide groups is 1. The van der Waals surface area contributed by atoms with Crippen molar-refractivity contribution < 1.29 is 18.8 Å². The molecule has 4 rings (SSSR count). The molecule has 3 heterocycles. The monoisotopic (exact) mass is 389 g/mol. The third-order valence-electron chi connectivity index (χ3n) is 5.81. The van der Waals surface area contributed by atoms with E-state index in [1.807, 2.05) is 13.8 Å². The van der Waals surface area contributed by atoms with Crippen LogP contribution in [0.3, 0.4) is 0 Å². The first-order valence-corrected chi connectivity index (χ1v) is 10.1. The van der Waals surface area contributed by atoms with Crippen LogP contribution in [0.2, 0.25) is 0 Å². The number of benzene rings is 1. The number of carbonyl (C=O) groups is 3. The van der Waals surface area contributed by atoms with E-state index in [1.165, 1.54) is 11.0 Å². The highest BCUT2D eigenvalue weighted by molar-refractivity contribution is 6.05. The Morgan fingerprint density at radius 2 is 1.75 bits per heavy atom. The van der Waals surface area contributed by atoms with Crippen LogP contribution in [0, 0.1) is 5.82 Å². The molecule has 3 aliphatic rings. The van der Waals surface area contributed by atoms with Crippen molar-refractivity contribution in [3.05, 3.63) is 34.6 Å². The van der Waals surface area contributed by atoms with E-state index < -0.39 is 17.8 Å². The maximum Gasteiger partial charge on any atom is 0.255 e. The van der Waals surface area contributed by atoms with Crippen molar-refractivity contribution in [1.29, 1.82) is 0 Å². The molecular weight excluding hydrogens is 361 g/mol. The van der Waals surface area contributed by atoms with E-state index in [2.05, 4.69) is 17.3 Å². The second-order valence-electron chi connectivity index (χ2n) is 7.50. The molecule has 3 amide bonds. The molecule has 1 aromatic carbocycles. The fraction of sp³-hybridized carbons (Fsp3) is 0.571. The minimum Gasteiger partial charge on any atom is -0.322 e. The lowest BCUT2D eigenvalue weighted by molar-refractivity contribution is -0.136. The van der Waals surface area contributed by atoms with E-state index >= 15 is 0 Å². The van der Waals surface area contributed by atoms with Crippen LogP contribution in [0.5, 0.6) is 0 Å². The Hall–Kier alpha value is -2.28. The van der Waals surface area contributed by atoms with Gasteiger partial charge < -0.3 is 9.80 Å². The molecule has 0 aliphatic carbocycles. The van der Waals surface area contributed by atoms with Gasteiger partial charge in [-0.25, -0.2) is 4.39 Å². The van der Waals surface area contributed by atoms with Crippen molar-refractivity contribution in [2.75, 3.05) is 20.1 Å². The summed E-state index contributed by atoms with van der Waals surface area (Å²) in [6.07, 6.45) is 2.39. The number of nitrogens with zero attached hydrogens (tertiary/aromatic N) is 2. The van der Waals surface area contributed by atoms with Crippen LogP contribution in [0.15, 0.2) is 12.1 Å². The minimum absolute atomic E-state index is 0.215. The van der Waals surface area contributed by atoms with E-state index in [9.17, 15) is 18.8 Å². The van der Waals surface area contributed by atoms with E-state index in [-0.39, 0.29) is 24.2 Å². The SMILES string of the molecule is CC.CN1CCC(c2cc(F)cc3c2CN(C2CCC(=O)NC2=O)C3=O)CC1. The van der Waals surface area contributed by atoms with Gasteiger partial charge in [-0.3, -0.25) is 19.7 Å². The summed E-state index contributed by atoms with van der Waals surface area (Å²) >= 11 is 0. The minimum atomic E-state index is -0.666. The van der Waals surface area contributed by atoms with Crippen LogP contribution >= 0.6 is 0 Å². The summed E-state index contributed by atoms with van der Waals surface area (Å²) in [6.45, 7) is 6.20. The van der Waals surface area contributed by atoms with Gasteiger partial charge in [-0.05, 0) is 68.6 Å². The van der Waals surface area contributed by atoms with Crippen molar-refractivity contribution in [2.24, 2.45) is 0 Å². The number of carbonyl (C=O) groups excluding carboxylic acids is 3. The molecule has 28 heavy (non-hydrogen) atoms. The predicted molar refractivity (Wildman–Crippen MR) is 103 cm³/mol. The van der Waals surface area contributed by atoms with Crippen LogP contribution in [0.4, 0.5) is 4.39 Å². The van der Waals surface area contributed by atoms with Crippen molar-refractivity contribution in [3.8, 4) is 0 Å². The third-order valence-corrected chi connectivity index (χ3v) is 5.81. The molecule has 6 nitrogen and oxygen atoms in total. The highest BCUT2D eigenvalue weighted by Crippen LogP contribution is 2.37. The Morgan fingerprint density at radius 3 is 2.39 bits per heavy atom. The van der Waals surface area contributed by atoms with Gasteiger partial charge in [0, 0.05) is 18.5 Å². The van der Waals surface area contributed by atoms with Crippen molar-refractivity contribution in [2.45, 2.75) is 58.0 Å². The molecule has 0 bridgehead atoms. The van der Waals surface area contributed by atoms with Gasteiger partial charge in [-0.1, -0.05) is 13.8 Å². The molecule has 1 N–H and O–H groups in total. The Kier molecular flexibility index (Phi) is 6.13. The topological polar surface area (TPSA) is 69.7 Å². The summed E-state index contributed by atoms with van der Waals surface area (Å²) < 4.78 is 14.2. The highest BCUT2D eigenvalue weighted by Gasteiger charge is 2.41. The Labute approximate surface area is 165 Å². The van der Waals surface area contributed by atoms with Gasteiger partial charge in [0.2, 0.25) is 11.8 Å². The summed E-state index contributed by atoms with van der Waals surface area (Å²) in [7, 11) is 2.07. The van der Waals surface area contributed by atoms with Gasteiger partial charge in [0.1, 0.15) is 11.9 Å². The summed E-state index contributed by atoms with van der Waals surface area (Å²) in [5.74, 6) is -1.25. The standard InChI is InChI=1S/C19H22FN3O3.C2H6/c1-22-6-4-11(5-7-22)13-8-12(20)9-14-15(13)10-23(19(14)26)16-2-3-17(24)21-18(16)25;1-2/h8-9,11,16H,2-7,10H2,1H3,(H,21,24,25);1-2H3. The zero-order valence-corrected chi connectivity index (χ0v) is 16.8. The Bertz CT molecular complexity index is 787. The molecule has 1 aromatic rings. The highest BCUT2D eigenvalue weighted by atomic mass is 19.1. The Morgan fingerprint density at radius 1 is 1.07 bits per heavy atom. The normalized spacial score (nSPS) is 23.2. The summed E-state index contributed by atoms with van der Waals surface area (Å²) in [6, 6.07) is 2.17. The molecule has 2 fully saturated rings. The second kappa shape index (κ2) is 8.39. The zero-order valence-electron chi connectivity index (χ0n) is 16.8. The zero-order chi connectivity index (χ0) is 20.4. The average molecular weight is 389 g/mol. The average Bonchev–Trinajstić information content (AvgIpc) is 3.00. The molecule has 0 aromatic heterocycles. The van der Waals surface area contributed by atoms with Gasteiger partial charge >= 0.3 is 0 Å². The van der Waals surface area contributed by atoms with Crippen molar-refractivity contribution in [1.82, 2.24) is 15.1 Å². The van der Waals surface area contributed by atoms with E-state index in [0.717, 1.165) is 37.1 Å². The molecule has 1 atom stereocenters. The number of hydrogen-bond acceptors (Lipinski definition) is 4. The number of fused-ring (bicyclic) bond motifs is 1. The van der Waals surface area contributed by atoms with Crippen LogP contribution in [-0.4, -0.2) is 53.7 Å². The molecule has 0 radical (unpaired) electrons. The van der Waals surface area contributed by atoms with Crippen molar-refractivity contribution >= 4 is 17.7 Å². The number of nitrogens with one attached hydrogen (secondary N) is 1. The second-order valence-corrected chi connectivity index (χ2v) is 7.50. The molecule has 0 spiro atoms. The maximum absolute atomic E-state index is 14.2. The quantitative estimate of drug-likeness (QED) is 0.789. The fourth-order valence-electron chi connectivity index (χ4n) is 4.34. The molecule has 152 valence electrons. The van der Waals surface area contributed by atoms with Crippen molar-refractivity contribution in [3.63, 3.8) is 0 Å². The van der Waals surface area contributed by atoms with Gasteiger partial charge in [-0.2, -0.15) is 0 Å². The molecule has 3 aliphatic heterocycles. The largest absolute Gasteiger partial charge is 0.322 e. The number of rotatable bonds is 2. The Balaban J connectivity index is 0.00000109. The number of amides is 3. The summed E-state index contributed by atoms with van der Waals surface area (Å²) in [5, 5.41) is 2.30. The number of piperidine rings is 2. The summed E-state index contributed by atoms with van der Waals surface area (Å²) in [5.41, 5.74) is 2.11. The number of likely N-dealkylation sites (tertiary alicyclic amines) is 1. The van der Waals surface area contributed by atoms with Gasteiger partial charge in [0.15, 0.2) is 0 Å². The molecular formula is C21H28FN3O3. The van der Waals surface area contributed by atoms with Gasteiger partial charge in [0.05, 0.1) is 0 Å². The molecule has 2 saturated heterocycles. The lowest BCUT2D eigenvalue weighted by Crippen LogP contribution is -2.52. The fourth-order valence-corrected chi connectivity index (χ4v) is 4.34. The number of halogens is 1. The van der Waals surface area contributed by atoms with E-state index in [1.54, 1.807) is 6.07 Å². The van der Waals surface area contributed by atoms with Crippen LogP contribution < -0.4 is 5.32 Å². The third kappa shape index (κ3) is 3.81. The van der Waals surface area contributed by atoms with Gasteiger partial charge in [-0.15, -0.1) is 0 Å². The maximum atomic E-state index is 14.2. The first-order valence-electron chi connectivity index (χ1n) is 10.1. The summed E-state index contributed by atoms with van der Waals surface area (Å²) in [4.78, 5) is 40.1. The first kappa shape index (κ1) is 20.5. The molecule has 7 heteroatoms. The van der Waals surface area contributed by atoms with E-state index in [4.69, 9.17) is 0 Å². The van der Waals surface area contributed by atoms with Crippen LogP contribution in [0.1, 0.15) is 66.9 Å². The van der Waals surface area contributed by atoms with Gasteiger partial charge in [0.25, 0.3) is 5.91 Å². The van der Waals surface area contributed by atoms with E-state index in [0.29, 0.717) is 18.5 Å². The molecule has 0 saturated carbocycles. The predicted octanol–water partition coefficient (Wildman–Crippen LogP) is 2.42. The van der Waals surface area contributed by atoms with Crippen LogP contribution in [0.25, 0.3) is 0 Å². The lowest BCUT2D eigenvalue weighted by Gasteiger charge is -2.31. The van der Waals surface area contributed by atoms with Crippen LogP contribution in [-0.2, 0) is 16.1 Å². The lowest BCUT2D eigenvalue weighted by atomic mass is 9.85. The number of hydrogen-bond donors (Lipinski definition) is 1.